The van der Waals surface area contributed by atoms with E-state index in [1.807, 2.05) is 0 Å². The Hall–Kier alpha value is -0.820. The minimum atomic E-state index is -0.259. The highest BCUT2D eigenvalue weighted by Gasteiger charge is 2.25. The molecule has 1 heteroatoms. The molecule has 0 heterocycles. The van der Waals surface area contributed by atoms with Crippen molar-refractivity contribution in [2.24, 2.45) is 5.41 Å². The van der Waals surface area contributed by atoms with Crippen molar-refractivity contribution >= 4 is 0 Å². The lowest BCUT2D eigenvalue weighted by molar-refractivity contribution is 0.0479. The van der Waals surface area contributed by atoms with Crippen LogP contribution < -0.4 is 0 Å². The second-order valence-corrected chi connectivity index (χ2v) is 5.23. The number of rotatable bonds is 5. The molecule has 0 aliphatic heterocycles. The Bertz CT molecular complexity index is 311. The van der Waals surface area contributed by atoms with Crippen molar-refractivity contribution in [1.29, 1.82) is 0 Å². The molecule has 90 valence electrons. The largest absolute Gasteiger partial charge is 0.392 e. The van der Waals surface area contributed by atoms with Crippen molar-refractivity contribution in [3.63, 3.8) is 0 Å². The van der Waals surface area contributed by atoms with Crippen LogP contribution in [-0.2, 0) is 12.8 Å². The van der Waals surface area contributed by atoms with Gasteiger partial charge in [-0.05, 0) is 35.8 Å². The molecule has 0 spiro atoms. The van der Waals surface area contributed by atoms with Crippen molar-refractivity contribution < 1.29 is 5.11 Å². The number of aliphatic hydroxyl groups excluding tert-OH is 1. The van der Waals surface area contributed by atoms with E-state index in [9.17, 15) is 5.11 Å². The van der Waals surface area contributed by atoms with Crippen LogP contribution in [0.1, 0.15) is 45.2 Å². The third-order valence-electron chi connectivity index (χ3n) is 3.67. The summed E-state index contributed by atoms with van der Waals surface area (Å²) in [6.45, 7) is 8.53. The topological polar surface area (TPSA) is 20.2 Å². The molecule has 0 aliphatic rings. The van der Waals surface area contributed by atoms with Gasteiger partial charge in [-0.25, -0.2) is 0 Å². The van der Waals surface area contributed by atoms with E-state index < -0.39 is 0 Å². The summed E-state index contributed by atoms with van der Waals surface area (Å²) in [4.78, 5) is 0. The van der Waals surface area contributed by atoms with E-state index in [0.717, 1.165) is 19.3 Å². The van der Waals surface area contributed by atoms with E-state index in [-0.39, 0.29) is 11.5 Å². The molecule has 0 bridgehead atoms. The first kappa shape index (κ1) is 13.2. The minimum absolute atomic E-state index is 0.00340. The Balaban J connectivity index is 2.66. The fraction of sp³-hybridized carbons (Fsp3) is 0.600. The molecule has 1 aromatic carbocycles. The van der Waals surface area contributed by atoms with Crippen LogP contribution in [0.5, 0.6) is 0 Å². The van der Waals surface area contributed by atoms with Gasteiger partial charge in [0.1, 0.15) is 0 Å². The van der Waals surface area contributed by atoms with E-state index in [4.69, 9.17) is 0 Å². The summed E-state index contributed by atoms with van der Waals surface area (Å²) in [5.74, 6) is 0. The normalized spacial score (nSPS) is 13.8. The van der Waals surface area contributed by atoms with E-state index in [1.54, 1.807) is 0 Å². The van der Waals surface area contributed by atoms with Crippen LogP contribution >= 0.6 is 0 Å². The molecular weight excluding hydrogens is 196 g/mol. The summed E-state index contributed by atoms with van der Waals surface area (Å²) < 4.78 is 0. The fourth-order valence-electron chi connectivity index (χ4n) is 1.65. The van der Waals surface area contributed by atoms with E-state index in [2.05, 4.69) is 52.0 Å². The van der Waals surface area contributed by atoms with Crippen LogP contribution in [0.3, 0.4) is 0 Å². The molecule has 0 aromatic heterocycles. The molecule has 1 rings (SSSR count). The third kappa shape index (κ3) is 3.34. The van der Waals surface area contributed by atoms with Crippen LogP contribution in [0.25, 0.3) is 0 Å². The Morgan fingerprint density at radius 2 is 1.56 bits per heavy atom. The molecule has 0 radical (unpaired) electrons. The zero-order valence-corrected chi connectivity index (χ0v) is 11.0. The van der Waals surface area contributed by atoms with Gasteiger partial charge < -0.3 is 5.11 Å². The van der Waals surface area contributed by atoms with Gasteiger partial charge in [-0.15, -0.1) is 0 Å². The van der Waals surface area contributed by atoms with Crippen molar-refractivity contribution in [2.75, 3.05) is 0 Å². The molecule has 1 aromatic rings. The molecular formula is C15H24O. The summed E-state index contributed by atoms with van der Waals surface area (Å²) in [6, 6.07) is 8.57. The Kier molecular flexibility index (Phi) is 4.55. The van der Waals surface area contributed by atoms with E-state index in [1.165, 1.54) is 11.1 Å². The SMILES string of the molecule is CCc1ccc(CC(O)C(C)(C)CC)cc1. The van der Waals surface area contributed by atoms with Crippen LogP contribution in [0.15, 0.2) is 24.3 Å². The number of benzene rings is 1. The first-order valence-corrected chi connectivity index (χ1v) is 6.25. The highest BCUT2D eigenvalue weighted by Crippen LogP contribution is 2.27. The van der Waals surface area contributed by atoms with Gasteiger partial charge in [0.25, 0.3) is 0 Å². The summed E-state index contributed by atoms with van der Waals surface area (Å²) >= 11 is 0. The average Bonchev–Trinajstić information content (AvgIpc) is 2.30. The minimum Gasteiger partial charge on any atom is -0.392 e. The zero-order valence-electron chi connectivity index (χ0n) is 11.0. The van der Waals surface area contributed by atoms with Crippen LogP contribution in [0, 0.1) is 5.41 Å². The molecule has 1 unspecified atom stereocenters. The van der Waals surface area contributed by atoms with Gasteiger partial charge in [0.05, 0.1) is 6.10 Å². The molecule has 0 fully saturated rings. The Labute approximate surface area is 99.5 Å². The average molecular weight is 220 g/mol. The smallest absolute Gasteiger partial charge is 0.0631 e. The number of hydrogen-bond donors (Lipinski definition) is 1. The third-order valence-corrected chi connectivity index (χ3v) is 3.67. The van der Waals surface area contributed by atoms with Gasteiger partial charge in [0.15, 0.2) is 0 Å². The number of aliphatic hydroxyl groups is 1. The molecule has 0 aliphatic carbocycles. The quantitative estimate of drug-likeness (QED) is 0.804. The predicted molar refractivity (Wildman–Crippen MR) is 69.6 cm³/mol. The molecule has 1 nitrogen and oxygen atoms in total. The zero-order chi connectivity index (χ0) is 12.2. The lowest BCUT2D eigenvalue weighted by Gasteiger charge is -2.29. The van der Waals surface area contributed by atoms with Crippen molar-refractivity contribution in [2.45, 2.75) is 53.1 Å². The van der Waals surface area contributed by atoms with Crippen LogP contribution in [0.2, 0.25) is 0 Å². The second kappa shape index (κ2) is 5.49. The summed E-state index contributed by atoms with van der Waals surface area (Å²) in [5.41, 5.74) is 2.59. The van der Waals surface area contributed by atoms with Crippen molar-refractivity contribution in [1.82, 2.24) is 0 Å². The van der Waals surface area contributed by atoms with Gasteiger partial charge in [-0.1, -0.05) is 52.0 Å². The molecule has 1 atom stereocenters. The summed E-state index contributed by atoms with van der Waals surface area (Å²) in [5, 5.41) is 10.2. The molecule has 0 saturated carbocycles. The van der Waals surface area contributed by atoms with Crippen LogP contribution in [0.4, 0.5) is 0 Å². The van der Waals surface area contributed by atoms with Crippen molar-refractivity contribution in [3.8, 4) is 0 Å². The second-order valence-electron chi connectivity index (χ2n) is 5.23. The lowest BCUT2D eigenvalue weighted by atomic mass is 9.81. The summed E-state index contributed by atoms with van der Waals surface area (Å²) in [6.07, 6.45) is 2.57. The van der Waals surface area contributed by atoms with E-state index >= 15 is 0 Å². The standard InChI is InChI=1S/C15H24O/c1-5-12-7-9-13(10-8-12)11-14(16)15(3,4)6-2/h7-10,14,16H,5-6,11H2,1-4H3. The lowest BCUT2D eigenvalue weighted by Crippen LogP contribution is -2.30. The van der Waals surface area contributed by atoms with Gasteiger partial charge in [-0.3, -0.25) is 0 Å². The van der Waals surface area contributed by atoms with Crippen molar-refractivity contribution in [3.05, 3.63) is 35.4 Å². The Morgan fingerprint density at radius 3 is 2.00 bits per heavy atom. The maximum Gasteiger partial charge on any atom is 0.0631 e. The van der Waals surface area contributed by atoms with Gasteiger partial charge in [0, 0.05) is 0 Å². The summed E-state index contributed by atoms with van der Waals surface area (Å²) in [7, 11) is 0. The van der Waals surface area contributed by atoms with Crippen LogP contribution in [-0.4, -0.2) is 11.2 Å². The first-order chi connectivity index (χ1) is 7.49. The molecule has 1 N–H and O–H groups in total. The maximum absolute atomic E-state index is 10.2. The van der Waals surface area contributed by atoms with Gasteiger partial charge >= 0.3 is 0 Å². The van der Waals surface area contributed by atoms with Gasteiger partial charge in [-0.2, -0.15) is 0 Å². The number of hydrogen-bond acceptors (Lipinski definition) is 1. The number of aryl methyl sites for hydroxylation is 1. The fourth-order valence-corrected chi connectivity index (χ4v) is 1.65. The molecule has 16 heavy (non-hydrogen) atoms. The Morgan fingerprint density at radius 1 is 1.06 bits per heavy atom. The highest BCUT2D eigenvalue weighted by atomic mass is 16.3. The highest BCUT2D eigenvalue weighted by molar-refractivity contribution is 5.23. The van der Waals surface area contributed by atoms with Gasteiger partial charge in [0.2, 0.25) is 0 Å². The molecule has 0 amide bonds. The maximum atomic E-state index is 10.2. The molecule has 0 saturated heterocycles. The first-order valence-electron chi connectivity index (χ1n) is 6.25. The predicted octanol–water partition coefficient (Wildman–Crippen LogP) is 3.59. The van der Waals surface area contributed by atoms with E-state index in [0.29, 0.717) is 0 Å². The monoisotopic (exact) mass is 220 g/mol.